The van der Waals surface area contributed by atoms with Gasteiger partial charge in [0, 0.05) is 7.05 Å². The van der Waals surface area contributed by atoms with Gasteiger partial charge in [-0.2, -0.15) is 0 Å². The SMILES string of the molecule is CCNC(c1csc(I)c1)c1cnnn1C. The van der Waals surface area contributed by atoms with Gasteiger partial charge in [-0.3, -0.25) is 4.68 Å². The molecule has 0 fully saturated rings. The second kappa shape index (κ2) is 5.24. The number of halogens is 1. The van der Waals surface area contributed by atoms with Gasteiger partial charge in [-0.25, -0.2) is 0 Å². The fraction of sp³-hybridized carbons (Fsp3) is 0.400. The highest BCUT2D eigenvalue weighted by molar-refractivity contribution is 14.1. The van der Waals surface area contributed by atoms with Gasteiger partial charge in [0.05, 0.1) is 20.8 Å². The van der Waals surface area contributed by atoms with Gasteiger partial charge in [-0.1, -0.05) is 12.1 Å². The van der Waals surface area contributed by atoms with Crippen LogP contribution in [0.25, 0.3) is 0 Å². The largest absolute Gasteiger partial charge is 0.305 e. The molecule has 0 spiro atoms. The Morgan fingerprint density at radius 3 is 2.94 bits per heavy atom. The van der Waals surface area contributed by atoms with Gasteiger partial charge >= 0.3 is 0 Å². The van der Waals surface area contributed by atoms with E-state index >= 15 is 0 Å². The van der Waals surface area contributed by atoms with Gasteiger partial charge in [0.15, 0.2) is 0 Å². The van der Waals surface area contributed by atoms with Crippen LogP contribution in [-0.2, 0) is 7.05 Å². The number of aryl methyl sites for hydroxylation is 1. The highest BCUT2D eigenvalue weighted by Crippen LogP contribution is 2.26. The molecular formula is C10H13IN4S. The van der Waals surface area contributed by atoms with Crippen molar-refractivity contribution in [1.29, 1.82) is 0 Å². The lowest BCUT2D eigenvalue weighted by Crippen LogP contribution is -2.23. The second-order valence-electron chi connectivity index (χ2n) is 3.46. The first-order valence-corrected chi connectivity index (χ1v) is 7.00. The third-order valence-corrected chi connectivity index (χ3v) is 4.18. The minimum absolute atomic E-state index is 0.185. The van der Waals surface area contributed by atoms with Gasteiger partial charge in [0.1, 0.15) is 0 Å². The summed E-state index contributed by atoms with van der Waals surface area (Å²) in [6.45, 7) is 3.02. The molecule has 2 rings (SSSR count). The molecule has 2 heterocycles. The van der Waals surface area contributed by atoms with Crippen LogP contribution < -0.4 is 5.32 Å². The Balaban J connectivity index is 2.34. The maximum absolute atomic E-state index is 3.98. The molecule has 0 amide bonds. The van der Waals surface area contributed by atoms with Gasteiger partial charge in [0.25, 0.3) is 0 Å². The summed E-state index contributed by atoms with van der Waals surface area (Å²) in [6.07, 6.45) is 1.82. The Bertz CT molecular complexity index is 465. The Labute approximate surface area is 112 Å². The topological polar surface area (TPSA) is 42.7 Å². The molecule has 2 aromatic rings. The lowest BCUT2D eigenvalue weighted by atomic mass is 10.1. The molecule has 4 nitrogen and oxygen atoms in total. The first-order chi connectivity index (χ1) is 7.72. The quantitative estimate of drug-likeness (QED) is 0.862. The maximum atomic E-state index is 3.98. The lowest BCUT2D eigenvalue weighted by Gasteiger charge is -2.16. The van der Waals surface area contributed by atoms with E-state index in [9.17, 15) is 0 Å². The van der Waals surface area contributed by atoms with Crippen molar-refractivity contribution in [2.24, 2.45) is 7.05 Å². The molecule has 0 aliphatic carbocycles. The van der Waals surface area contributed by atoms with E-state index in [2.05, 4.69) is 56.6 Å². The molecule has 0 bridgehead atoms. The summed E-state index contributed by atoms with van der Waals surface area (Å²) in [7, 11) is 1.92. The van der Waals surface area contributed by atoms with Crippen LogP contribution in [0.1, 0.15) is 24.2 Å². The Morgan fingerprint density at radius 2 is 2.44 bits per heavy atom. The molecule has 0 saturated heterocycles. The van der Waals surface area contributed by atoms with Gasteiger partial charge in [-0.15, -0.1) is 16.4 Å². The monoisotopic (exact) mass is 348 g/mol. The lowest BCUT2D eigenvalue weighted by molar-refractivity contribution is 0.569. The number of aromatic nitrogens is 3. The van der Waals surface area contributed by atoms with Crippen molar-refractivity contribution in [3.8, 4) is 0 Å². The molecule has 2 aromatic heterocycles. The van der Waals surface area contributed by atoms with Crippen molar-refractivity contribution < 1.29 is 0 Å². The molecule has 86 valence electrons. The van der Waals surface area contributed by atoms with Crippen LogP contribution in [0, 0.1) is 2.88 Å². The first kappa shape index (κ1) is 12.0. The number of nitrogens with zero attached hydrogens (tertiary/aromatic N) is 3. The van der Waals surface area contributed by atoms with Crippen LogP contribution in [0.3, 0.4) is 0 Å². The van der Waals surface area contributed by atoms with E-state index in [4.69, 9.17) is 0 Å². The summed E-state index contributed by atoms with van der Waals surface area (Å²) in [5.41, 5.74) is 2.37. The fourth-order valence-corrected chi connectivity index (χ4v) is 3.03. The van der Waals surface area contributed by atoms with E-state index in [0.29, 0.717) is 0 Å². The van der Waals surface area contributed by atoms with Crippen molar-refractivity contribution >= 4 is 33.9 Å². The molecule has 1 atom stereocenters. The van der Waals surface area contributed by atoms with Gasteiger partial charge in [0.2, 0.25) is 0 Å². The zero-order valence-corrected chi connectivity index (χ0v) is 12.1. The van der Waals surface area contributed by atoms with E-state index in [1.54, 1.807) is 11.3 Å². The number of nitrogens with one attached hydrogen (secondary N) is 1. The van der Waals surface area contributed by atoms with E-state index in [0.717, 1.165) is 12.2 Å². The first-order valence-electron chi connectivity index (χ1n) is 5.04. The van der Waals surface area contributed by atoms with Gasteiger partial charge in [-0.05, 0) is 46.1 Å². The van der Waals surface area contributed by atoms with E-state index < -0.39 is 0 Å². The predicted molar refractivity (Wildman–Crippen MR) is 73.6 cm³/mol. The number of hydrogen-bond acceptors (Lipinski definition) is 4. The van der Waals surface area contributed by atoms with Gasteiger partial charge < -0.3 is 5.32 Å². The van der Waals surface area contributed by atoms with Crippen molar-refractivity contribution in [3.05, 3.63) is 31.8 Å². The maximum Gasteiger partial charge on any atom is 0.0798 e. The molecule has 0 aliphatic rings. The molecule has 0 radical (unpaired) electrons. The number of rotatable bonds is 4. The van der Waals surface area contributed by atoms with Crippen LogP contribution in [0.5, 0.6) is 0 Å². The third-order valence-electron chi connectivity index (χ3n) is 2.37. The highest BCUT2D eigenvalue weighted by Gasteiger charge is 2.17. The number of thiophene rings is 1. The van der Waals surface area contributed by atoms with Crippen molar-refractivity contribution in [3.63, 3.8) is 0 Å². The Hall–Kier alpha value is -0.470. The van der Waals surface area contributed by atoms with Crippen LogP contribution in [0.4, 0.5) is 0 Å². The van der Waals surface area contributed by atoms with E-state index in [1.165, 1.54) is 8.45 Å². The summed E-state index contributed by atoms with van der Waals surface area (Å²) in [4.78, 5) is 0. The van der Waals surface area contributed by atoms with Crippen LogP contribution >= 0.6 is 33.9 Å². The Kier molecular flexibility index (Phi) is 3.93. The smallest absolute Gasteiger partial charge is 0.0798 e. The molecule has 1 unspecified atom stereocenters. The molecule has 0 aromatic carbocycles. The summed E-state index contributed by atoms with van der Waals surface area (Å²) >= 11 is 4.10. The summed E-state index contributed by atoms with van der Waals surface area (Å²) in [5.74, 6) is 0. The summed E-state index contributed by atoms with van der Waals surface area (Å²) < 4.78 is 3.11. The van der Waals surface area contributed by atoms with Crippen LogP contribution in [0.15, 0.2) is 17.6 Å². The minimum Gasteiger partial charge on any atom is -0.305 e. The van der Waals surface area contributed by atoms with Crippen molar-refractivity contribution in [1.82, 2.24) is 20.3 Å². The van der Waals surface area contributed by atoms with Crippen molar-refractivity contribution in [2.45, 2.75) is 13.0 Å². The zero-order chi connectivity index (χ0) is 11.5. The van der Waals surface area contributed by atoms with Crippen molar-refractivity contribution in [2.75, 3.05) is 6.54 Å². The second-order valence-corrected chi connectivity index (χ2v) is 6.26. The summed E-state index contributed by atoms with van der Waals surface area (Å²) in [5, 5.41) is 13.6. The van der Waals surface area contributed by atoms with Crippen LogP contribution in [0.2, 0.25) is 0 Å². The number of hydrogen-bond donors (Lipinski definition) is 1. The zero-order valence-electron chi connectivity index (χ0n) is 9.14. The Morgan fingerprint density at radius 1 is 1.62 bits per heavy atom. The summed E-state index contributed by atoms with van der Waals surface area (Å²) in [6, 6.07) is 2.38. The minimum atomic E-state index is 0.185. The predicted octanol–water partition coefficient (Wildman–Crippen LogP) is 2.18. The normalized spacial score (nSPS) is 12.9. The highest BCUT2D eigenvalue weighted by atomic mass is 127. The standard InChI is InChI=1S/C10H13IN4S/c1-3-12-10(7-4-9(11)16-6-7)8-5-13-14-15(8)2/h4-6,10,12H,3H2,1-2H3. The van der Waals surface area contributed by atoms with E-state index in [1.807, 2.05) is 17.9 Å². The van der Waals surface area contributed by atoms with Crippen LogP contribution in [-0.4, -0.2) is 21.5 Å². The molecule has 0 aliphatic heterocycles. The fourth-order valence-electron chi connectivity index (χ4n) is 1.63. The molecule has 1 N–H and O–H groups in total. The average Bonchev–Trinajstić information content (AvgIpc) is 2.84. The molecule has 16 heavy (non-hydrogen) atoms. The average molecular weight is 348 g/mol. The third kappa shape index (κ3) is 2.44. The molecule has 0 saturated carbocycles. The molecular weight excluding hydrogens is 335 g/mol. The molecule has 6 heteroatoms. The van der Waals surface area contributed by atoms with E-state index in [-0.39, 0.29) is 6.04 Å².